The largest absolute Gasteiger partial charge is 0.495 e. The average Bonchev–Trinajstić information content (AvgIpc) is 3.22. The summed E-state index contributed by atoms with van der Waals surface area (Å²) in [5.41, 5.74) is 1.54. The lowest BCUT2D eigenvalue weighted by Gasteiger charge is -2.09. The van der Waals surface area contributed by atoms with Crippen LogP contribution in [0.2, 0.25) is 5.02 Å². The second-order valence-corrected chi connectivity index (χ2v) is 8.26. The Kier molecular flexibility index (Phi) is 5.28. The second kappa shape index (κ2) is 8.26. The van der Waals surface area contributed by atoms with Gasteiger partial charge in [-0.15, -0.1) is 0 Å². The number of methoxy groups -OCH3 is 1. The Hall–Kier alpha value is -3.42. The van der Waals surface area contributed by atoms with E-state index in [1.54, 1.807) is 37.4 Å². The molecular formula is C24H15BrClN3O3. The molecule has 0 saturated heterocycles. The van der Waals surface area contributed by atoms with E-state index in [4.69, 9.17) is 20.8 Å². The molecule has 0 radical (unpaired) electrons. The SMILES string of the molecule is COc1c(Br)cc(Cl)cc1C=Nn1c(-c2cc3ccccc3o2)nc2ccccc2c1=O. The molecule has 32 heavy (non-hydrogen) atoms. The van der Waals surface area contributed by atoms with Gasteiger partial charge in [0.25, 0.3) is 5.56 Å². The zero-order valence-corrected chi connectivity index (χ0v) is 19.1. The fraction of sp³-hybridized carbons (Fsp3) is 0.0417. The van der Waals surface area contributed by atoms with Gasteiger partial charge in [-0.2, -0.15) is 9.78 Å². The van der Waals surface area contributed by atoms with Gasteiger partial charge in [0.2, 0.25) is 5.82 Å². The summed E-state index contributed by atoms with van der Waals surface area (Å²) in [5.74, 6) is 1.27. The molecule has 158 valence electrons. The highest BCUT2D eigenvalue weighted by molar-refractivity contribution is 9.10. The molecule has 0 unspecified atom stereocenters. The summed E-state index contributed by atoms with van der Waals surface area (Å²) in [7, 11) is 1.55. The maximum absolute atomic E-state index is 13.3. The van der Waals surface area contributed by atoms with Crippen LogP contribution in [0.3, 0.4) is 0 Å². The minimum absolute atomic E-state index is 0.293. The van der Waals surface area contributed by atoms with E-state index in [2.05, 4.69) is 26.0 Å². The number of nitrogens with zero attached hydrogens (tertiary/aromatic N) is 3. The van der Waals surface area contributed by atoms with Crippen molar-refractivity contribution in [2.24, 2.45) is 5.10 Å². The first kappa shape index (κ1) is 20.5. The van der Waals surface area contributed by atoms with Crippen LogP contribution in [0.4, 0.5) is 0 Å². The van der Waals surface area contributed by atoms with E-state index in [0.29, 0.717) is 48.9 Å². The molecule has 8 heteroatoms. The van der Waals surface area contributed by atoms with E-state index < -0.39 is 0 Å². The molecule has 0 aliphatic heterocycles. The lowest BCUT2D eigenvalue weighted by Crippen LogP contribution is -2.20. The van der Waals surface area contributed by atoms with Crippen molar-refractivity contribution in [1.82, 2.24) is 9.66 Å². The molecule has 0 N–H and O–H groups in total. The van der Waals surface area contributed by atoms with Crippen LogP contribution in [-0.2, 0) is 0 Å². The van der Waals surface area contributed by atoms with Crippen molar-refractivity contribution < 1.29 is 9.15 Å². The van der Waals surface area contributed by atoms with Crippen LogP contribution in [-0.4, -0.2) is 23.0 Å². The molecule has 0 bridgehead atoms. The van der Waals surface area contributed by atoms with Gasteiger partial charge in [0, 0.05) is 16.0 Å². The van der Waals surface area contributed by atoms with Gasteiger partial charge in [0.1, 0.15) is 11.3 Å². The van der Waals surface area contributed by atoms with Gasteiger partial charge in [-0.05, 0) is 52.3 Å². The summed E-state index contributed by atoms with van der Waals surface area (Å²) in [6.45, 7) is 0. The minimum Gasteiger partial charge on any atom is -0.495 e. The van der Waals surface area contributed by atoms with Gasteiger partial charge in [0.15, 0.2) is 5.76 Å². The number of hydrogen-bond donors (Lipinski definition) is 0. The summed E-state index contributed by atoms with van der Waals surface area (Å²) in [4.78, 5) is 18.0. The summed E-state index contributed by atoms with van der Waals surface area (Å²) in [6.07, 6.45) is 1.51. The number of ether oxygens (including phenoxy) is 1. The number of aromatic nitrogens is 2. The van der Waals surface area contributed by atoms with Crippen LogP contribution in [0.1, 0.15) is 5.56 Å². The fourth-order valence-corrected chi connectivity index (χ4v) is 4.49. The number of halogens is 2. The van der Waals surface area contributed by atoms with Crippen molar-refractivity contribution in [3.63, 3.8) is 0 Å². The molecule has 0 fully saturated rings. The Morgan fingerprint density at radius 2 is 1.91 bits per heavy atom. The van der Waals surface area contributed by atoms with Gasteiger partial charge < -0.3 is 9.15 Å². The highest BCUT2D eigenvalue weighted by Crippen LogP contribution is 2.32. The van der Waals surface area contributed by atoms with Crippen molar-refractivity contribution >= 4 is 55.6 Å². The maximum atomic E-state index is 13.3. The van der Waals surface area contributed by atoms with Gasteiger partial charge in [-0.3, -0.25) is 4.79 Å². The molecule has 2 heterocycles. The summed E-state index contributed by atoms with van der Waals surface area (Å²) < 4.78 is 13.3. The quantitative estimate of drug-likeness (QED) is 0.274. The molecule has 5 aromatic rings. The number of benzene rings is 3. The molecule has 0 aliphatic rings. The first-order valence-corrected chi connectivity index (χ1v) is 10.8. The smallest absolute Gasteiger partial charge is 0.282 e. The predicted molar refractivity (Wildman–Crippen MR) is 130 cm³/mol. The lowest BCUT2D eigenvalue weighted by atomic mass is 10.2. The van der Waals surface area contributed by atoms with Crippen LogP contribution < -0.4 is 10.3 Å². The maximum Gasteiger partial charge on any atom is 0.282 e. The average molecular weight is 509 g/mol. The molecule has 5 rings (SSSR count). The molecule has 0 atom stereocenters. The van der Waals surface area contributed by atoms with Gasteiger partial charge in [0.05, 0.1) is 28.7 Å². The van der Waals surface area contributed by atoms with Gasteiger partial charge in [-0.25, -0.2) is 4.98 Å². The highest BCUT2D eigenvalue weighted by Gasteiger charge is 2.17. The Bertz CT molecular complexity index is 1540. The molecule has 6 nitrogen and oxygen atoms in total. The molecule has 3 aromatic carbocycles. The van der Waals surface area contributed by atoms with Gasteiger partial charge in [-0.1, -0.05) is 41.9 Å². The molecular weight excluding hydrogens is 494 g/mol. The standard InChI is InChI=1S/C24H15BrClN3O3/c1-31-22-15(10-16(26)12-18(22)25)13-27-29-23(21-11-14-6-2-5-9-20(14)32-21)28-19-8-4-3-7-17(19)24(29)30/h2-13H,1H3. The van der Waals surface area contributed by atoms with Crippen LogP contribution in [0.25, 0.3) is 33.5 Å². The zero-order valence-electron chi connectivity index (χ0n) is 16.8. The second-order valence-electron chi connectivity index (χ2n) is 6.97. The van der Waals surface area contributed by atoms with Crippen molar-refractivity contribution in [2.45, 2.75) is 0 Å². The zero-order chi connectivity index (χ0) is 22.2. The van der Waals surface area contributed by atoms with Crippen molar-refractivity contribution in [3.8, 4) is 17.3 Å². The van der Waals surface area contributed by atoms with Crippen molar-refractivity contribution in [1.29, 1.82) is 0 Å². The predicted octanol–water partition coefficient (Wildman–Crippen LogP) is 6.12. The number of hydrogen-bond acceptors (Lipinski definition) is 5. The summed E-state index contributed by atoms with van der Waals surface area (Å²) >= 11 is 9.63. The summed E-state index contributed by atoms with van der Waals surface area (Å²) in [5, 5.41) is 6.31. The van der Waals surface area contributed by atoms with Crippen LogP contribution in [0, 0.1) is 0 Å². The first-order valence-electron chi connectivity index (χ1n) is 9.63. The van der Waals surface area contributed by atoms with Crippen LogP contribution in [0.15, 0.2) is 85.5 Å². The highest BCUT2D eigenvalue weighted by atomic mass is 79.9. The van der Waals surface area contributed by atoms with E-state index in [0.717, 1.165) is 5.39 Å². The topological polar surface area (TPSA) is 69.6 Å². The van der Waals surface area contributed by atoms with Gasteiger partial charge >= 0.3 is 0 Å². The summed E-state index contributed by atoms with van der Waals surface area (Å²) in [6, 6.07) is 20.0. The molecule has 0 saturated carbocycles. The van der Waals surface area contributed by atoms with Crippen molar-refractivity contribution in [2.75, 3.05) is 7.11 Å². The molecule has 0 spiro atoms. The van der Waals surface area contributed by atoms with E-state index >= 15 is 0 Å². The first-order chi connectivity index (χ1) is 15.5. The Morgan fingerprint density at radius 1 is 1.12 bits per heavy atom. The normalized spacial score (nSPS) is 11.6. The third-order valence-corrected chi connectivity index (χ3v) is 5.76. The Morgan fingerprint density at radius 3 is 2.72 bits per heavy atom. The number of para-hydroxylation sites is 2. The van der Waals surface area contributed by atoms with Crippen LogP contribution in [0.5, 0.6) is 5.75 Å². The number of furan rings is 1. The monoisotopic (exact) mass is 507 g/mol. The molecule has 2 aromatic heterocycles. The molecule has 0 aliphatic carbocycles. The fourth-order valence-electron chi connectivity index (χ4n) is 3.49. The third-order valence-electron chi connectivity index (χ3n) is 4.95. The van der Waals surface area contributed by atoms with E-state index in [1.807, 2.05) is 36.4 Å². The molecule has 0 amide bonds. The van der Waals surface area contributed by atoms with E-state index in [9.17, 15) is 4.79 Å². The Balaban J connectivity index is 1.75. The Labute approximate surface area is 195 Å². The van der Waals surface area contributed by atoms with E-state index in [-0.39, 0.29) is 5.56 Å². The minimum atomic E-state index is -0.317. The van der Waals surface area contributed by atoms with Crippen molar-refractivity contribution in [3.05, 3.63) is 92.1 Å². The van der Waals surface area contributed by atoms with Crippen LogP contribution >= 0.6 is 27.5 Å². The number of rotatable bonds is 4. The third kappa shape index (κ3) is 3.59. The van der Waals surface area contributed by atoms with E-state index in [1.165, 1.54) is 10.9 Å². The number of fused-ring (bicyclic) bond motifs is 2. The lowest BCUT2D eigenvalue weighted by molar-refractivity contribution is 0.411.